The first-order chi connectivity index (χ1) is 23.1. The molecule has 7 rings (SSSR count). The molecule has 11 nitrogen and oxygen atoms in total. The fourth-order valence-corrected chi connectivity index (χ4v) is 7.51. The number of carbonyl (C=O) groups is 1. The Hall–Kier alpha value is -3.01. The summed E-state index contributed by atoms with van der Waals surface area (Å²) in [6.07, 6.45) is -1.91. The van der Waals surface area contributed by atoms with E-state index < -0.39 is 29.6 Å². The zero-order valence-electron chi connectivity index (χ0n) is 28.1. The van der Waals surface area contributed by atoms with Crippen LogP contribution in [0.1, 0.15) is 73.4 Å². The highest BCUT2D eigenvalue weighted by atomic mass is 35.5. The van der Waals surface area contributed by atoms with Gasteiger partial charge in [-0.05, 0) is 46.1 Å². The number of anilines is 1. The Morgan fingerprint density at radius 3 is 2.57 bits per heavy atom. The van der Waals surface area contributed by atoms with Crippen molar-refractivity contribution in [3.63, 3.8) is 0 Å². The molecule has 0 aromatic carbocycles. The lowest BCUT2D eigenvalue weighted by Crippen LogP contribution is -2.57. The number of alkyl halides is 4. The molecule has 3 unspecified atom stereocenters. The van der Waals surface area contributed by atoms with Crippen molar-refractivity contribution >= 4 is 23.3 Å². The summed E-state index contributed by atoms with van der Waals surface area (Å²) in [6, 6.07) is 0.711. The molecule has 7 heterocycles. The summed E-state index contributed by atoms with van der Waals surface area (Å²) < 4.78 is 64.6. The maximum atomic E-state index is 13.2. The second-order valence-corrected chi connectivity index (χ2v) is 14.6. The van der Waals surface area contributed by atoms with Crippen LogP contribution in [0.2, 0.25) is 5.02 Å². The topological polar surface area (TPSA) is 109 Å². The number of aryl methyl sites for hydroxylation is 1. The van der Waals surface area contributed by atoms with E-state index in [9.17, 15) is 27.5 Å². The fraction of sp³-hybridized carbons (Fsp3) is 0.697. The van der Waals surface area contributed by atoms with E-state index >= 15 is 0 Å². The number of hydrogen-bond acceptors (Lipinski definition) is 9. The zero-order valence-corrected chi connectivity index (χ0v) is 28.9. The smallest absolute Gasteiger partial charge is 0.412 e. The molecule has 3 saturated heterocycles. The third-order valence-electron chi connectivity index (χ3n) is 10.3. The lowest BCUT2D eigenvalue weighted by molar-refractivity contribution is -0.0994. The van der Waals surface area contributed by atoms with Crippen LogP contribution >= 0.6 is 11.6 Å². The minimum atomic E-state index is -4.49. The van der Waals surface area contributed by atoms with Gasteiger partial charge in [0.15, 0.2) is 5.69 Å². The van der Waals surface area contributed by atoms with Crippen molar-refractivity contribution in [1.29, 1.82) is 0 Å². The molecule has 270 valence electrons. The number of likely N-dealkylation sites (tertiary alicyclic amines) is 1. The first-order valence-corrected chi connectivity index (χ1v) is 17.2. The predicted octanol–water partition coefficient (Wildman–Crippen LogP) is 4.73. The Balaban J connectivity index is 0.000000396. The number of hydrogen-bond donors (Lipinski definition) is 1. The van der Waals surface area contributed by atoms with Gasteiger partial charge in [-0.3, -0.25) is 14.4 Å². The van der Waals surface area contributed by atoms with Crippen molar-refractivity contribution in [1.82, 2.24) is 29.5 Å². The molecule has 0 radical (unpaired) electrons. The number of aliphatic hydroxyl groups is 1. The van der Waals surface area contributed by atoms with Gasteiger partial charge in [-0.25, -0.2) is 4.39 Å². The van der Waals surface area contributed by atoms with Gasteiger partial charge >= 0.3 is 12.2 Å². The van der Waals surface area contributed by atoms with Gasteiger partial charge in [0.2, 0.25) is 0 Å². The normalized spacial score (nSPS) is 24.3. The SMILES string of the molecule is C=C(CC1Cc2nc(OC)nc(N3CCCn4nc(C(=O)N5CC(C(C)(C)O)C5)c(Cl)c4C3)c2CO1)C(F)(F)F.FC1CC2CCCN2C1. The number of carbonyl (C=O) groups excluding carboxylic acids is 1. The molecule has 2 aromatic heterocycles. The predicted molar refractivity (Wildman–Crippen MR) is 173 cm³/mol. The average Bonchev–Trinajstić information content (AvgIpc) is 3.62. The molecular formula is C33H44ClF4N7O4. The molecular weight excluding hydrogens is 670 g/mol. The van der Waals surface area contributed by atoms with E-state index in [1.807, 2.05) is 4.90 Å². The van der Waals surface area contributed by atoms with Crippen LogP contribution in [0.4, 0.5) is 23.4 Å². The summed E-state index contributed by atoms with van der Waals surface area (Å²) in [4.78, 5) is 28.0. The van der Waals surface area contributed by atoms with Crippen LogP contribution in [0.3, 0.4) is 0 Å². The molecule has 5 aliphatic rings. The number of ether oxygens (including phenoxy) is 2. The minimum absolute atomic E-state index is 0.0153. The molecule has 2 aromatic rings. The lowest BCUT2D eigenvalue weighted by Gasteiger charge is -2.44. The summed E-state index contributed by atoms with van der Waals surface area (Å²) in [7, 11) is 1.43. The molecule has 0 bridgehead atoms. The van der Waals surface area contributed by atoms with Crippen molar-refractivity contribution in [2.24, 2.45) is 5.92 Å². The van der Waals surface area contributed by atoms with E-state index in [1.165, 1.54) is 20.0 Å². The Bertz CT molecular complexity index is 1550. The number of rotatable bonds is 6. The molecule has 1 amide bonds. The summed E-state index contributed by atoms with van der Waals surface area (Å²) in [5.74, 6) is 0.251. The molecule has 3 atom stereocenters. The van der Waals surface area contributed by atoms with E-state index in [0.717, 1.165) is 13.0 Å². The second kappa shape index (κ2) is 14.0. The third-order valence-corrected chi connectivity index (χ3v) is 10.7. The quantitative estimate of drug-likeness (QED) is 0.336. The summed E-state index contributed by atoms with van der Waals surface area (Å²) >= 11 is 6.73. The highest BCUT2D eigenvalue weighted by molar-refractivity contribution is 6.34. The van der Waals surface area contributed by atoms with Gasteiger partial charge < -0.3 is 24.4 Å². The standard InChI is InChI=1S/C26H32ClF3N6O4.C7H12FN/c1-14(26(28,29)30)8-16-9-18-17(13-40-16)22(32-24(31-18)39-4)34-6-5-7-36-19(12-34)20(27)21(33-36)23(37)35-10-15(11-35)25(2,3)38;8-6-4-7-2-1-3-9(7)5-6/h15-16,38H,1,5-13H2,2-4H3;6-7H,1-5H2. The van der Waals surface area contributed by atoms with Crippen LogP contribution in [0, 0.1) is 5.92 Å². The molecule has 3 fully saturated rings. The highest BCUT2D eigenvalue weighted by Gasteiger charge is 2.42. The molecule has 0 aliphatic carbocycles. The number of aromatic nitrogens is 4. The monoisotopic (exact) mass is 713 g/mol. The Kier molecular flexibility index (Phi) is 10.2. The van der Waals surface area contributed by atoms with Gasteiger partial charge in [0.1, 0.15) is 12.0 Å². The van der Waals surface area contributed by atoms with Crippen molar-refractivity contribution < 1.29 is 36.9 Å². The highest BCUT2D eigenvalue weighted by Crippen LogP contribution is 2.37. The maximum Gasteiger partial charge on any atom is 0.412 e. The largest absolute Gasteiger partial charge is 0.467 e. The Morgan fingerprint density at radius 1 is 1.14 bits per heavy atom. The summed E-state index contributed by atoms with van der Waals surface area (Å²) in [5, 5.41) is 15.0. The van der Waals surface area contributed by atoms with Gasteiger partial charge in [-0.2, -0.15) is 28.2 Å². The van der Waals surface area contributed by atoms with Crippen LogP contribution in [0.15, 0.2) is 12.2 Å². The van der Waals surface area contributed by atoms with Crippen LogP contribution < -0.4 is 9.64 Å². The summed E-state index contributed by atoms with van der Waals surface area (Å²) in [6.45, 7) is 10.8. The second-order valence-electron chi connectivity index (χ2n) is 14.2. The molecule has 0 saturated carbocycles. The first kappa shape index (κ1) is 35.8. The Morgan fingerprint density at radius 2 is 1.90 bits per heavy atom. The number of amides is 1. The average molecular weight is 714 g/mol. The Labute approximate surface area is 288 Å². The number of methoxy groups -OCH3 is 1. The molecule has 16 heteroatoms. The zero-order chi connectivity index (χ0) is 35.2. The van der Waals surface area contributed by atoms with E-state index in [-0.39, 0.29) is 48.0 Å². The third kappa shape index (κ3) is 7.69. The van der Waals surface area contributed by atoms with E-state index in [0.29, 0.717) is 74.5 Å². The van der Waals surface area contributed by atoms with Crippen molar-refractivity contribution in [2.45, 2.75) is 102 Å². The van der Waals surface area contributed by atoms with Crippen molar-refractivity contribution in [3.8, 4) is 6.01 Å². The number of halogens is 5. The summed E-state index contributed by atoms with van der Waals surface area (Å²) in [5.41, 5.74) is 0.341. The van der Waals surface area contributed by atoms with Gasteiger partial charge in [0.25, 0.3) is 5.91 Å². The van der Waals surface area contributed by atoms with Gasteiger partial charge in [0, 0.05) is 68.7 Å². The van der Waals surface area contributed by atoms with Crippen LogP contribution in [-0.4, -0.2) is 110 Å². The van der Waals surface area contributed by atoms with Crippen LogP contribution in [0.5, 0.6) is 6.01 Å². The van der Waals surface area contributed by atoms with Gasteiger partial charge in [-0.1, -0.05) is 18.2 Å². The molecule has 49 heavy (non-hydrogen) atoms. The van der Waals surface area contributed by atoms with Crippen LogP contribution in [0.25, 0.3) is 0 Å². The van der Waals surface area contributed by atoms with E-state index in [4.69, 9.17) is 21.1 Å². The molecule has 1 N–H and O–H groups in total. The fourth-order valence-electron chi connectivity index (χ4n) is 7.23. The van der Waals surface area contributed by atoms with Crippen LogP contribution in [-0.2, 0) is 30.9 Å². The van der Waals surface area contributed by atoms with E-state index in [2.05, 4.69) is 26.5 Å². The van der Waals surface area contributed by atoms with Gasteiger partial charge in [0.05, 0.1) is 48.4 Å². The van der Waals surface area contributed by atoms with Gasteiger partial charge in [-0.15, -0.1) is 0 Å². The first-order valence-electron chi connectivity index (χ1n) is 16.8. The minimum Gasteiger partial charge on any atom is -0.467 e. The lowest BCUT2D eigenvalue weighted by atomic mass is 9.84. The molecule has 5 aliphatic heterocycles. The maximum absolute atomic E-state index is 13.2. The number of nitrogens with zero attached hydrogens (tertiary/aromatic N) is 7. The van der Waals surface area contributed by atoms with Crippen molar-refractivity contribution in [3.05, 3.63) is 39.8 Å². The number of fused-ring (bicyclic) bond motifs is 3. The van der Waals surface area contributed by atoms with E-state index in [1.54, 1.807) is 23.4 Å². The molecule has 0 spiro atoms. The van der Waals surface area contributed by atoms with Crippen molar-refractivity contribution in [2.75, 3.05) is 44.7 Å².